The number of amides is 1. The van der Waals surface area contributed by atoms with Crippen LogP contribution in [0.2, 0.25) is 0 Å². The normalized spacial score (nSPS) is 16.2. The summed E-state index contributed by atoms with van der Waals surface area (Å²) in [5.74, 6) is -0.273. The highest BCUT2D eigenvalue weighted by molar-refractivity contribution is 7.92. The third-order valence-corrected chi connectivity index (χ3v) is 5.68. The van der Waals surface area contributed by atoms with Crippen molar-refractivity contribution in [2.75, 3.05) is 23.7 Å². The second-order valence-corrected chi connectivity index (χ2v) is 8.80. The number of carbonyl (C=O) groups excluding carboxylic acids is 1. The maximum atomic E-state index is 12.9. The van der Waals surface area contributed by atoms with Crippen molar-refractivity contribution in [2.45, 2.75) is 25.9 Å². The molecule has 150 valence electrons. The zero-order valence-corrected chi connectivity index (χ0v) is 16.6. The second kappa shape index (κ2) is 8.18. The molecule has 8 heteroatoms. The van der Waals surface area contributed by atoms with Crippen molar-refractivity contribution in [3.05, 3.63) is 59.4 Å². The molecule has 0 unspecified atom stereocenters. The Hall–Kier alpha value is -2.61. The monoisotopic (exact) mass is 406 g/mol. The fraction of sp³-hybridized carbons (Fsp3) is 0.350. The van der Waals surface area contributed by atoms with Gasteiger partial charge in [-0.2, -0.15) is 0 Å². The van der Waals surface area contributed by atoms with Gasteiger partial charge < -0.3 is 10.1 Å². The van der Waals surface area contributed by atoms with E-state index >= 15 is 0 Å². The molecular weight excluding hydrogens is 383 g/mol. The van der Waals surface area contributed by atoms with Crippen LogP contribution in [0.4, 0.5) is 10.1 Å². The number of carbonyl (C=O) groups is 1. The third-order valence-electron chi connectivity index (χ3n) is 4.53. The molecule has 0 spiro atoms. The number of anilines is 1. The Morgan fingerprint density at radius 1 is 1.25 bits per heavy atom. The number of ether oxygens (including phenoxy) is 1. The number of fused-ring (bicyclic) bond motifs is 1. The Labute approximate surface area is 164 Å². The van der Waals surface area contributed by atoms with E-state index in [0.717, 1.165) is 17.4 Å². The molecular formula is C20H23FN2O4S. The minimum atomic E-state index is -3.54. The van der Waals surface area contributed by atoms with Crippen LogP contribution in [-0.2, 0) is 21.2 Å². The number of aryl methyl sites for hydroxylation is 2. The molecule has 1 N–H and O–H groups in total. The van der Waals surface area contributed by atoms with Gasteiger partial charge in [0.1, 0.15) is 11.6 Å². The molecule has 1 atom stereocenters. The molecule has 0 aliphatic carbocycles. The Balaban J connectivity index is 1.61. The summed E-state index contributed by atoms with van der Waals surface area (Å²) in [7, 11) is -3.54. The van der Waals surface area contributed by atoms with Gasteiger partial charge in [-0.3, -0.25) is 9.10 Å². The number of halogens is 1. The van der Waals surface area contributed by atoms with Gasteiger partial charge in [0.2, 0.25) is 10.0 Å². The summed E-state index contributed by atoms with van der Waals surface area (Å²) in [5.41, 5.74) is 2.33. The lowest BCUT2D eigenvalue weighted by Crippen LogP contribution is -2.50. The lowest BCUT2D eigenvalue weighted by atomic mass is 10.1. The van der Waals surface area contributed by atoms with Crippen molar-refractivity contribution < 1.29 is 22.3 Å². The first-order valence-electron chi connectivity index (χ1n) is 9.01. The van der Waals surface area contributed by atoms with Crippen LogP contribution >= 0.6 is 0 Å². The van der Waals surface area contributed by atoms with Gasteiger partial charge in [0.05, 0.1) is 18.5 Å². The molecule has 1 aliphatic heterocycles. The molecule has 0 bridgehead atoms. The van der Waals surface area contributed by atoms with Gasteiger partial charge >= 0.3 is 0 Å². The van der Waals surface area contributed by atoms with E-state index in [1.807, 2.05) is 13.0 Å². The highest BCUT2D eigenvalue weighted by atomic mass is 32.2. The fourth-order valence-electron chi connectivity index (χ4n) is 3.08. The molecule has 2 aromatic carbocycles. The minimum Gasteiger partial charge on any atom is -0.476 e. The van der Waals surface area contributed by atoms with E-state index in [0.29, 0.717) is 30.8 Å². The van der Waals surface area contributed by atoms with Crippen molar-refractivity contribution in [1.82, 2.24) is 5.32 Å². The minimum absolute atomic E-state index is 0.0704. The number of rotatable bonds is 6. The maximum absolute atomic E-state index is 12.9. The molecule has 28 heavy (non-hydrogen) atoms. The van der Waals surface area contributed by atoms with E-state index in [9.17, 15) is 17.6 Å². The van der Waals surface area contributed by atoms with Crippen molar-refractivity contribution in [2.24, 2.45) is 0 Å². The van der Waals surface area contributed by atoms with E-state index in [-0.39, 0.29) is 18.3 Å². The van der Waals surface area contributed by atoms with Crippen LogP contribution in [0.15, 0.2) is 42.5 Å². The van der Waals surface area contributed by atoms with Crippen LogP contribution in [0.25, 0.3) is 0 Å². The van der Waals surface area contributed by atoms with Crippen LogP contribution in [0, 0.1) is 12.7 Å². The number of nitrogens with one attached hydrogen (secondary N) is 1. The number of hydrogen-bond donors (Lipinski definition) is 1. The first-order chi connectivity index (χ1) is 13.2. The first-order valence-corrected chi connectivity index (χ1v) is 10.9. The van der Waals surface area contributed by atoms with Gasteiger partial charge in [-0.25, -0.2) is 12.8 Å². The number of benzene rings is 2. The van der Waals surface area contributed by atoms with E-state index in [4.69, 9.17) is 4.74 Å². The molecule has 2 aromatic rings. The van der Waals surface area contributed by atoms with Gasteiger partial charge in [0.15, 0.2) is 6.10 Å². The van der Waals surface area contributed by atoms with Crippen LogP contribution in [0.1, 0.15) is 17.5 Å². The lowest BCUT2D eigenvalue weighted by Gasteiger charge is -2.34. The summed E-state index contributed by atoms with van der Waals surface area (Å²) < 4.78 is 44.2. The topological polar surface area (TPSA) is 75.7 Å². The molecule has 6 nitrogen and oxygen atoms in total. The summed E-state index contributed by atoms with van der Waals surface area (Å²) in [6, 6.07) is 11.5. The Bertz CT molecular complexity index is 961. The molecule has 0 fully saturated rings. The van der Waals surface area contributed by atoms with E-state index < -0.39 is 16.1 Å². The predicted molar refractivity (Wildman–Crippen MR) is 106 cm³/mol. The molecule has 1 heterocycles. The van der Waals surface area contributed by atoms with Gasteiger partial charge in [-0.15, -0.1) is 0 Å². The van der Waals surface area contributed by atoms with Gasteiger partial charge in [-0.05, 0) is 55.2 Å². The van der Waals surface area contributed by atoms with Crippen molar-refractivity contribution in [1.29, 1.82) is 0 Å². The number of sulfonamides is 1. The van der Waals surface area contributed by atoms with Gasteiger partial charge in [0.25, 0.3) is 5.91 Å². The van der Waals surface area contributed by atoms with Crippen LogP contribution in [-0.4, -0.2) is 39.8 Å². The summed E-state index contributed by atoms with van der Waals surface area (Å²) in [4.78, 5) is 12.5. The van der Waals surface area contributed by atoms with Crippen LogP contribution in [0.5, 0.6) is 5.75 Å². The lowest BCUT2D eigenvalue weighted by molar-refractivity contribution is -0.127. The summed E-state index contributed by atoms with van der Waals surface area (Å²) in [5, 5.41) is 2.79. The second-order valence-electron chi connectivity index (χ2n) is 6.89. The fourth-order valence-corrected chi connectivity index (χ4v) is 3.99. The highest BCUT2D eigenvalue weighted by Crippen LogP contribution is 2.35. The summed E-state index contributed by atoms with van der Waals surface area (Å²) >= 11 is 0. The largest absolute Gasteiger partial charge is 0.476 e. The van der Waals surface area contributed by atoms with E-state index in [1.165, 1.54) is 16.4 Å². The highest BCUT2D eigenvalue weighted by Gasteiger charge is 2.34. The van der Waals surface area contributed by atoms with E-state index in [2.05, 4.69) is 5.32 Å². The van der Waals surface area contributed by atoms with Gasteiger partial charge in [-0.1, -0.05) is 18.2 Å². The SMILES string of the molecule is Cc1ccc2c(c1)N(S(C)(=O)=O)C[C@@H](C(=O)NCCCc1ccc(F)cc1)O2. The molecule has 1 aliphatic rings. The first kappa shape index (κ1) is 20.1. The number of nitrogens with zero attached hydrogens (tertiary/aromatic N) is 1. The van der Waals surface area contributed by atoms with Gasteiger partial charge in [0, 0.05) is 6.54 Å². The Morgan fingerprint density at radius 3 is 2.64 bits per heavy atom. The van der Waals surface area contributed by atoms with E-state index in [1.54, 1.807) is 24.3 Å². The quantitative estimate of drug-likeness (QED) is 0.748. The van der Waals surface area contributed by atoms with Crippen molar-refractivity contribution in [3.63, 3.8) is 0 Å². The predicted octanol–water partition coefficient (Wildman–Crippen LogP) is 2.41. The Morgan fingerprint density at radius 2 is 1.96 bits per heavy atom. The van der Waals surface area contributed by atoms with Crippen LogP contribution < -0.4 is 14.4 Å². The smallest absolute Gasteiger partial charge is 0.263 e. The molecule has 3 rings (SSSR count). The average molecular weight is 406 g/mol. The summed E-state index contributed by atoms with van der Waals surface area (Å²) in [6.07, 6.45) is 1.57. The zero-order valence-electron chi connectivity index (χ0n) is 15.8. The molecule has 0 saturated carbocycles. The van der Waals surface area contributed by atoms with Crippen molar-refractivity contribution in [3.8, 4) is 5.75 Å². The van der Waals surface area contributed by atoms with Crippen molar-refractivity contribution >= 4 is 21.6 Å². The molecule has 0 radical (unpaired) electrons. The molecule has 0 saturated heterocycles. The number of hydrogen-bond acceptors (Lipinski definition) is 4. The standard InChI is InChI=1S/C20H23FN2O4S/c1-14-5-10-18-17(12-14)23(28(2,25)26)13-19(27-18)20(24)22-11-3-4-15-6-8-16(21)9-7-15/h5-10,12,19H,3-4,11,13H2,1-2H3,(H,22,24)/t19-/m0/s1. The zero-order chi connectivity index (χ0) is 20.3. The summed E-state index contributed by atoms with van der Waals surface area (Å²) in [6.45, 7) is 2.20. The average Bonchev–Trinajstić information content (AvgIpc) is 2.64. The third kappa shape index (κ3) is 4.81. The Kier molecular flexibility index (Phi) is 5.88. The van der Waals surface area contributed by atoms with Crippen LogP contribution in [0.3, 0.4) is 0 Å². The molecule has 0 aromatic heterocycles. The molecule has 1 amide bonds. The maximum Gasteiger partial charge on any atom is 0.263 e.